The van der Waals surface area contributed by atoms with Gasteiger partial charge in [0.2, 0.25) is 5.91 Å². The molecule has 0 spiro atoms. The van der Waals surface area contributed by atoms with E-state index in [1.807, 2.05) is 0 Å². The molecule has 0 aliphatic carbocycles. The van der Waals surface area contributed by atoms with Crippen LogP contribution in [0.25, 0.3) is 0 Å². The number of rotatable bonds is 3. The number of aliphatic hydroxyl groups is 1. The number of hydrogen-bond acceptors (Lipinski definition) is 5. The van der Waals surface area contributed by atoms with Crippen molar-refractivity contribution in [2.75, 3.05) is 11.9 Å². The number of benzene rings is 1. The van der Waals surface area contributed by atoms with Crippen molar-refractivity contribution in [2.45, 2.75) is 18.6 Å². The van der Waals surface area contributed by atoms with Gasteiger partial charge in [0.15, 0.2) is 0 Å². The predicted octanol–water partition coefficient (Wildman–Crippen LogP) is 0.746. The van der Waals surface area contributed by atoms with Gasteiger partial charge in [-0.25, -0.2) is 0 Å². The average molecular weight is 235 g/mol. The summed E-state index contributed by atoms with van der Waals surface area (Å²) in [6.07, 6.45) is -0.0489. The van der Waals surface area contributed by atoms with E-state index in [1.54, 1.807) is 12.1 Å². The lowest BCUT2D eigenvalue weighted by Crippen LogP contribution is -2.35. The van der Waals surface area contributed by atoms with Gasteiger partial charge in [0, 0.05) is 12.2 Å². The molecule has 0 unspecified atom stereocenters. The highest BCUT2D eigenvalue weighted by Gasteiger charge is 2.27. The van der Waals surface area contributed by atoms with Crippen molar-refractivity contribution in [3.05, 3.63) is 29.2 Å². The molecule has 1 aromatic carbocycles. The summed E-state index contributed by atoms with van der Waals surface area (Å²) in [6, 6.07) is 5.91. The van der Waals surface area contributed by atoms with Gasteiger partial charge in [-0.2, -0.15) is 0 Å². The van der Waals surface area contributed by atoms with Crippen LogP contribution in [0.2, 0.25) is 0 Å². The molecule has 1 amide bonds. The highest BCUT2D eigenvalue weighted by molar-refractivity contribution is 5.95. The van der Waals surface area contributed by atoms with Gasteiger partial charge in [-0.1, -0.05) is 0 Å². The molecule has 2 rings (SSSR count). The molecule has 6 nitrogen and oxygen atoms in total. The van der Waals surface area contributed by atoms with Crippen molar-refractivity contribution >= 4 is 17.3 Å². The second kappa shape index (κ2) is 5.03. The van der Waals surface area contributed by atoms with E-state index in [0.29, 0.717) is 24.3 Å². The molecule has 1 heterocycles. The summed E-state index contributed by atoms with van der Waals surface area (Å²) in [4.78, 5) is 22.0. The van der Waals surface area contributed by atoms with E-state index < -0.39 is 6.10 Å². The van der Waals surface area contributed by atoms with Crippen LogP contribution in [0.5, 0.6) is 0 Å². The Morgan fingerprint density at radius 1 is 1.41 bits per heavy atom. The number of anilines is 1. The molecule has 1 saturated heterocycles. The lowest BCUT2D eigenvalue weighted by Gasteiger charge is -2.10. The zero-order valence-electron chi connectivity index (χ0n) is 9.09. The second-order valence-corrected chi connectivity index (χ2v) is 3.98. The first kappa shape index (κ1) is 11.7. The van der Waals surface area contributed by atoms with E-state index in [0.717, 1.165) is 0 Å². The first-order valence-electron chi connectivity index (χ1n) is 5.35. The Bertz CT molecular complexity index is 418. The number of carbonyl (C=O) groups excluding carboxylic acids is 1. The summed E-state index contributed by atoms with van der Waals surface area (Å²) < 4.78 is 0. The van der Waals surface area contributed by atoms with Crippen molar-refractivity contribution in [1.82, 2.24) is 5.32 Å². The van der Waals surface area contributed by atoms with Crippen molar-refractivity contribution in [2.24, 2.45) is 5.18 Å². The lowest BCUT2D eigenvalue weighted by molar-refractivity contribution is -0.117. The molecule has 1 aliphatic rings. The molecule has 1 aromatic rings. The van der Waals surface area contributed by atoms with Gasteiger partial charge in [-0.15, -0.1) is 4.91 Å². The molecule has 6 heteroatoms. The van der Waals surface area contributed by atoms with Gasteiger partial charge < -0.3 is 15.7 Å². The van der Waals surface area contributed by atoms with Crippen LogP contribution in [0.3, 0.4) is 0 Å². The van der Waals surface area contributed by atoms with Gasteiger partial charge in [0.1, 0.15) is 5.69 Å². The fourth-order valence-corrected chi connectivity index (χ4v) is 1.75. The van der Waals surface area contributed by atoms with Crippen LogP contribution in [-0.4, -0.2) is 29.7 Å². The van der Waals surface area contributed by atoms with E-state index >= 15 is 0 Å². The smallest absolute Gasteiger partial charge is 0.241 e. The Morgan fingerprint density at radius 2 is 2.12 bits per heavy atom. The van der Waals surface area contributed by atoms with Crippen molar-refractivity contribution in [3.8, 4) is 0 Å². The molecule has 3 N–H and O–H groups in total. The van der Waals surface area contributed by atoms with Crippen molar-refractivity contribution < 1.29 is 9.90 Å². The van der Waals surface area contributed by atoms with Gasteiger partial charge >= 0.3 is 0 Å². The first-order valence-corrected chi connectivity index (χ1v) is 5.35. The second-order valence-electron chi connectivity index (χ2n) is 3.98. The van der Waals surface area contributed by atoms with Crippen molar-refractivity contribution in [1.29, 1.82) is 0 Å². The quantitative estimate of drug-likeness (QED) is 0.674. The summed E-state index contributed by atoms with van der Waals surface area (Å²) in [5, 5.41) is 17.7. The van der Waals surface area contributed by atoms with Crippen LogP contribution >= 0.6 is 0 Å². The van der Waals surface area contributed by atoms with E-state index in [1.165, 1.54) is 12.1 Å². The molecule has 0 bridgehead atoms. The Morgan fingerprint density at radius 3 is 2.65 bits per heavy atom. The largest absolute Gasteiger partial charge is 0.392 e. The van der Waals surface area contributed by atoms with Gasteiger partial charge in [0.25, 0.3) is 0 Å². The monoisotopic (exact) mass is 235 g/mol. The summed E-state index contributed by atoms with van der Waals surface area (Å²) in [7, 11) is 0. The van der Waals surface area contributed by atoms with E-state index in [-0.39, 0.29) is 11.9 Å². The standard InChI is InChI=1S/C11H13N3O3/c15-9-5-10(12-6-9)11(16)13-7-1-3-8(14-17)4-2-7/h1-4,9-10,12,15H,5-6H2,(H,13,16)/t9-,10+/m1/s1. The average Bonchev–Trinajstić information content (AvgIpc) is 2.77. The molecule has 1 fully saturated rings. The molecule has 17 heavy (non-hydrogen) atoms. The van der Waals surface area contributed by atoms with E-state index in [2.05, 4.69) is 15.8 Å². The van der Waals surface area contributed by atoms with E-state index in [4.69, 9.17) is 0 Å². The van der Waals surface area contributed by atoms with Gasteiger partial charge in [-0.05, 0) is 35.9 Å². The van der Waals surface area contributed by atoms with Crippen LogP contribution in [0.1, 0.15) is 6.42 Å². The van der Waals surface area contributed by atoms with Crippen LogP contribution < -0.4 is 10.6 Å². The Labute approximate surface area is 98.0 Å². The summed E-state index contributed by atoms with van der Waals surface area (Å²) in [5.41, 5.74) is 0.919. The number of carbonyl (C=O) groups is 1. The molecular formula is C11H13N3O3. The van der Waals surface area contributed by atoms with Crippen LogP contribution in [0.15, 0.2) is 29.4 Å². The molecular weight excluding hydrogens is 222 g/mol. The molecule has 0 radical (unpaired) electrons. The number of aliphatic hydroxyl groups excluding tert-OH is 1. The minimum absolute atomic E-state index is 0.187. The highest BCUT2D eigenvalue weighted by Crippen LogP contribution is 2.16. The number of amides is 1. The SMILES string of the molecule is O=Nc1ccc(NC(=O)[C@@H]2C[C@@H](O)CN2)cc1. The lowest BCUT2D eigenvalue weighted by atomic mass is 10.2. The number of nitrogens with zero attached hydrogens (tertiary/aromatic N) is 1. The molecule has 0 saturated carbocycles. The van der Waals surface area contributed by atoms with Gasteiger partial charge in [-0.3, -0.25) is 4.79 Å². The molecule has 1 aliphatic heterocycles. The van der Waals surface area contributed by atoms with Crippen molar-refractivity contribution in [3.63, 3.8) is 0 Å². The molecule has 2 atom stereocenters. The number of hydrogen-bond donors (Lipinski definition) is 3. The van der Waals surface area contributed by atoms with Crippen LogP contribution in [0.4, 0.5) is 11.4 Å². The maximum atomic E-state index is 11.7. The number of nitroso groups, excluding NO2 is 1. The number of nitrogens with one attached hydrogen (secondary N) is 2. The minimum atomic E-state index is -0.465. The van der Waals surface area contributed by atoms with E-state index in [9.17, 15) is 14.8 Å². The molecule has 90 valence electrons. The third-order valence-corrected chi connectivity index (χ3v) is 2.66. The summed E-state index contributed by atoms with van der Waals surface area (Å²) in [6.45, 7) is 0.437. The number of β-amino-alcohol motifs (C(OH)–C–C–N with tert-alkyl or cyclic N) is 1. The van der Waals surface area contributed by atoms with Gasteiger partial charge in [0.05, 0.1) is 12.1 Å². The normalized spacial score (nSPS) is 23.4. The zero-order valence-corrected chi connectivity index (χ0v) is 9.09. The minimum Gasteiger partial charge on any atom is -0.392 e. The fraction of sp³-hybridized carbons (Fsp3) is 0.364. The summed E-state index contributed by atoms with van der Waals surface area (Å²) in [5.74, 6) is -0.187. The third-order valence-electron chi connectivity index (χ3n) is 2.66. The molecule has 0 aromatic heterocycles. The first-order chi connectivity index (χ1) is 8.19. The topological polar surface area (TPSA) is 90.8 Å². The third kappa shape index (κ3) is 2.86. The Balaban J connectivity index is 1.95. The maximum absolute atomic E-state index is 11.7. The maximum Gasteiger partial charge on any atom is 0.241 e. The zero-order chi connectivity index (χ0) is 12.3. The Kier molecular flexibility index (Phi) is 3.46. The fourth-order valence-electron chi connectivity index (χ4n) is 1.75. The highest BCUT2D eigenvalue weighted by atomic mass is 16.3. The van der Waals surface area contributed by atoms with Crippen LogP contribution in [0, 0.1) is 4.91 Å². The van der Waals surface area contributed by atoms with Crippen LogP contribution in [-0.2, 0) is 4.79 Å². The summed E-state index contributed by atoms with van der Waals surface area (Å²) >= 11 is 0. The predicted molar refractivity (Wildman–Crippen MR) is 62.9 cm³/mol. The Hall–Kier alpha value is -1.79.